The molecule has 0 unspecified atom stereocenters. The number of ether oxygens (including phenoxy) is 1. The maximum Gasteiger partial charge on any atom is 0.331 e. The molecule has 0 aromatic heterocycles. The predicted octanol–water partition coefficient (Wildman–Crippen LogP) is 2.98. The minimum Gasteiger partial charge on any atom is -0.458 e. The van der Waals surface area contributed by atoms with Crippen molar-refractivity contribution in [3.8, 4) is 0 Å². The Labute approximate surface area is 110 Å². The smallest absolute Gasteiger partial charge is 0.331 e. The van der Waals surface area contributed by atoms with Crippen molar-refractivity contribution in [1.29, 1.82) is 0 Å². The Bertz CT molecular complexity index is 422. The molecule has 0 spiro atoms. The highest BCUT2D eigenvalue weighted by Crippen LogP contribution is 2.30. The molecule has 1 saturated heterocycles. The largest absolute Gasteiger partial charge is 0.458 e. The van der Waals surface area contributed by atoms with E-state index in [0.29, 0.717) is 0 Å². The van der Waals surface area contributed by atoms with E-state index in [9.17, 15) is 4.79 Å². The van der Waals surface area contributed by atoms with Gasteiger partial charge in [-0.05, 0) is 45.0 Å². The van der Waals surface area contributed by atoms with Crippen molar-refractivity contribution in [3.05, 3.63) is 28.7 Å². The average Bonchev–Trinajstić information content (AvgIpc) is 2.96. The third-order valence-electron chi connectivity index (χ3n) is 2.45. The molecule has 0 bridgehead atoms. The van der Waals surface area contributed by atoms with Gasteiger partial charge < -0.3 is 9.64 Å². The number of anilines is 1. The van der Waals surface area contributed by atoms with Crippen molar-refractivity contribution in [2.24, 2.45) is 0 Å². The maximum absolute atomic E-state index is 11.8. The minimum atomic E-state index is -0.412. The van der Waals surface area contributed by atoms with Crippen LogP contribution in [0.2, 0.25) is 0 Å². The topological polar surface area (TPSA) is 29.3 Å². The van der Waals surface area contributed by atoms with E-state index in [0.717, 1.165) is 16.7 Å². The number of esters is 1. The van der Waals surface area contributed by atoms with Crippen LogP contribution in [0.1, 0.15) is 20.8 Å². The van der Waals surface area contributed by atoms with Crippen LogP contribution >= 0.6 is 15.9 Å². The number of carbonyl (C=O) groups is 1. The Hall–Kier alpha value is -1.03. The molecule has 0 radical (unpaired) electrons. The van der Waals surface area contributed by atoms with Gasteiger partial charge in [0.05, 0.1) is 6.54 Å². The summed E-state index contributed by atoms with van der Waals surface area (Å²) in [6, 6.07) is 7.82. The Kier molecular flexibility index (Phi) is 3.17. The zero-order chi connectivity index (χ0) is 12.6. The van der Waals surface area contributed by atoms with Gasteiger partial charge in [-0.3, -0.25) is 0 Å². The first-order chi connectivity index (χ1) is 7.87. The fourth-order valence-electron chi connectivity index (χ4n) is 1.63. The van der Waals surface area contributed by atoms with Gasteiger partial charge in [-0.2, -0.15) is 0 Å². The van der Waals surface area contributed by atoms with E-state index >= 15 is 0 Å². The van der Waals surface area contributed by atoms with Crippen molar-refractivity contribution < 1.29 is 9.53 Å². The first kappa shape index (κ1) is 12.4. The number of carbonyl (C=O) groups excluding carboxylic acids is 1. The van der Waals surface area contributed by atoms with Gasteiger partial charge in [0.2, 0.25) is 0 Å². The zero-order valence-electron chi connectivity index (χ0n) is 10.2. The summed E-state index contributed by atoms with van der Waals surface area (Å²) in [7, 11) is 0. The molecule has 2 rings (SSSR count). The molecule has 1 aliphatic heterocycles. The zero-order valence-corrected chi connectivity index (χ0v) is 11.8. The molecule has 1 aromatic rings. The van der Waals surface area contributed by atoms with E-state index in [2.05, 4.69) is 15.9 Å². The molecule has 0 N–H and O–H groups in total. The van der Waals surface area contributed by atoms with Gasteiger partial charge in [0, 0.05) is 10.2 Å². The predicted molar refractivity (Wildman–Crippen MR) is 71.1 cm³/mol. The van der Waals surface area contributed by atoms with Crippen molar-refractivity contribution in [2.75, 3.05) is 11.4 Å². The van der Waals surface area contributed by atoms with Gasteiger partial charge in [-0.15, -0.1) is 0 Å². The van der Waals surface area contributed by atoms with Crippen LogP contribution in [0.5, 0.6) is 0 Å². The van der Waals surface area contributed by atoms with Crippen LogP contribution in [0.25, 0.3) is 0 Å². The molecule has 0 aliphatic carbocycles. The van der Waals surface area contributed by atoms with Crippen molar-refractivity contribution in [1.82, 2.24) is 0 Å². The summed E-state index contributed by atoms with van der Waals surface area (Å²) in [4.78, 5) is 13.8. The average molecular weight is 298 g/mol. The summed E-state index contributed by atoms with van der Waals surface area (Å²) in [5, 5.41) is 0. The first-order valence-electron chi connectivity index (χ1n) is 5.62. The van der Waals surface area contributed by atoms with E-state index < -0.39 is 5.60 Å². The number of nitrogens with zero attached hydrogens (tertiary/aromatic N) is 1. The standard InChI is InChI=1S/C13H16BrNO2/c1-13(2,3)17-12(16)11-8-15(11)10-6-4-9(14)5-7-10/h4-7,11H,8H2,1-3H3/t11-,15?/m1/s1. The summed E-state index contributed by atoms with van der Waals surface area (Å²) >= 11 is 3.39. The van der Waals surface area contributed by atoms with Crippen LogP contribution in [0, 0.1) is 0 Å². The van der Waals surface area contributed by atoms with E-state index in [-0.39, 0.29) is 12.0 Å². The van der Waals surface area contributed by atoms with E-state index in [1.807, 2.05) is 49.9 Å². The second kappa shape index (κ2) is 4.33. The third kappa shape index (κ3) is 3.22. The quantitative estimate of drug-likeness (QED) is 0.621. The number of rotatable bonds is 2. The molecule has 1 atom stereocenters. The van der Waals surface area contributed by atoms with Crippen LogP contribution < -0.4 is 4.90 Å². The van der Waals surface area contributed by atoms with Gasteiger partial charge in [-0.25, -0.2) is 4.79 Å². The summed E-state index contributed by atoms with van der Waals surface area (Å²) < 4.78 is 6.39. The summed E-state index contributed by atoms with van der Waals surface area (Å²) in [5.41, 5.74) is 0.648. The molecule has 0 amide bonds. The lowest BCUT2D eigenvalue weighted by molar-refractivity contribution is -0.153. The monoisotopic (exact) mass is 297 g/mol. The lowest BCUT2D eigenvalue weighted by atomic mass is 10.2. The molecule has 4 heteroatoms. The number of hydrogen-bond donors (Lipinski definition) is 0. The highest BCUT2D eigenvalue weighted by molar-refractivity contribution is 9.10. The Morgan fingerprint density at radius 3 is 2.47 bits per heavy atom. The van der Waals surface area contributed by atoms with Crippen LogP contribution in [0.4, 0.5) is 5.69 Å². The van der Waals surface area contributed by atoms with Crippen molar-refractivity contribution in [3.63, 3.8) is 0 Å². The highest BCUT2D eigenvalue weighted by Gasteiger charge is 2.43. The van der Waals surface area contributed by atoms with E-state index in [1.165, 1.54) is 0 Å². The molecule has 92 valence electrons. The lowest BCUT2D eigenvalue weighted by Crippen LogP contribution is -2.28. The SMILES string of the molecule is CC(C)(C)OC(=O)[C@H]1CN1c1ccc(Br)cc1. The van der Waals surface area contributed by atoms with Crippen molar-refractivity contribution >= 4 is 27.6 Å². The Morgan fingerprint density at radius 1 is 1.35 bits per heavy atom. The van der Waals surface area contributed by atoms with Crippen LogP contribution in [0.3, 0.4) is 0 Å². The third-order valence-corrected chi connectivity index (χ3v) is 2.98. The molecule has 1 fully saturated rings. The number of hydrogen-bond acceptors (Lipinski definition) is 3. The molecule has 0 saturated carbocycles. The Morgan fingerprint density at radius 2 is 1.94 bits per heavy atom. The van der Waals surface area contributed by atoms with Gasteiger partial charge in [0.1, 0.15) is 11.6 Å². The molecule has 1 aromatic carbocycles. The van der Waals surface area contributed by atoms with Gasteiger partial charge >= 0.3 is 5.97 Å². The second-order valence-corrected chi connectivity index (χ2v) is 6.09. The van der Waals surface area contributed by atoms with Crippen molar-refractivity contribution in [2.45, 2.75) is 32.4 Å². The molecule has 3 nitrogen and oxygen atoms in total. The van der Waals surface area contributed by atoms with E-state index in [4.69, 9.17) is 4.74 Å². The van der Waals surface area contributed by atoms with Gasteiger partial charge in [-0.1, -0.05) is 15.9 Å². The fraction of sp³-hybridized carbons (Fsp3) is 0.462. The maximum atomic E-state index is 11.8. The molecule has 1 heterocycles. The molecule has 17 heavy (non-hydrogen) atoms. The normalized spacial score (nSPS) is 19.1. The van der Waals surface area contributed by atoms with E-state index in [1.54, 1.807) is 0 Å². The molecule has 1 aliphatic rings. The Balaban J connectivity index is 1.96. The highest BCUT2D eigenvalue weighted by atomic mass is 79.9. The first-order valence-corrected chi connectivity index (χ1v) is 6.41. The van der Waals surface area contributed by atoms with Crippen LogP contribution in [0.15, 0.2) is 28.7 Å². The summed E-state index contributed by atoms with van der Waals surface area (Å²) in [5.74, 6) is -0.139. The van der Waals surface area contributed by atoms with Crippen LogP contribution in [-0.4, -0.2) is 24.2 Å². The van der Waals surface area contributed by atoms with Crippen LogP contribution in [-0.2, 0) is 9.53 Å². The minimum absolute atomic E-state index is 0.115. The summed E-state index contributed by atoms with van der Waals surface area (Å²) in [6.45, 7) is 6.41. The molecular weight excluding hydrogens is 282 g/mol. The summed E-state index contributed by atoms with van der Waals surface area (Å²) in [6.07, 6.45) is 0. The molecular formula is C13H16BrNO2. The lowest BCUT2D eigenvalue weighted by Gasteiger charge is -2.19. The fourth-order valence-corrected chi connectivity index (χ4v) is 1.89. The second-order valence-electron chi connectivity index (χ2n) is 5.18. The van der Waals surface area contributed by atoms with Gasteiger partial charge in [0.15, 0.2) is 0 Å². The number of halogens is 1. The van der Waals surface area contributed by atoms with Gasteiger partial charge in [0.25, 0.3) is 0 Å². The number of benzene rings is 1.